The summed E-state index contributed by atoms with van der Waals surface area (Å²) >= 11 is 0. The van der Waals surface area contributed by atoms with Gasteiger partial charge in [-0.1, -0.05) is 0 Å². The topological polar surface area (TPSA) is 58.0 Å². The monoisotopic (exact) mass is 244 g/mol. The maximum Gasteiger partial charge on any atom is 0.227 e. The fourth-order valence-electron chi connectivity index (χ4n) is 1.50. The highest BCUT2D eigenvalue weighted by molar-refractivity contribution is 5.42. The highest BCUT2D eigenvalue weighted by Crippen LogP contribution is 2.12. The summed E-state index contributed by atoms with van der Waals surface area (Å²) in [5, 5.41) is 0. The summed E-state index contributed by atoms with van der Waals surface area (Å²) in [6, 6.07) is 1.87. The summed E-state index contributed by atoms with van der Waals surface area (Å²) in [6.45, 7) is 0.630. The van der Waals surface area contributed by atoms with Gasteiger partial charge in [-0.2, -0.15) is 4.98 Å². The van der Waals surface area contributed by atoms with Crippen molar-refractivity contribution >= 4 is 11.8 Å². The van der Waals surface area contributed by atoms with Crippen LogP contribution >= 0.6 is 0 Å². The van der Waals surface area contributed by atoms with Gasteiger partial charge in [0.1, 0.15) is 5.82 Å². The number of nitrogens with zero attached hydrogens (tertiary/aromatic N) is 6. The van der Waals surface area contributed by atoms with Crippen molar-refractivity contribution in [2.45, 2.75) is 6.54 Å². The first-order chi connectivity index (χ1) is 8.66. The van der Waals surface area contributed by atoms with Crippen LogP contribution in [0.4, 0.5) is 11.8 Å². The lowest BCUT2D eigenvalue weighted by molar-refractivity contribution is 0.830. The molecule has 0 radical (unpaired) electrons. The molecule has 6 heteroatoms. The minimum Gasteiger partial charge on any atom is -0.363 e. The fourth-order valence-corrected chi connectivity index (χ4v) is 1.50. The fraction of sp³-hybridized carbons (Fsp3) is 0.333. The van der Waals surface area contributed by atoms with Gasteiger partial charge in [0.2, 0.25) is 5.95 Å². The zero-order valence-electron chi connectivity index (χ0n) is 10.8. The van der Waals surface area contributed by atoms with Gasteiger partial charge in [-0.3, -0.25) is 9.97 Å². The predicted octanol–water partition coefficient (Wildman–Crippen LogP) is 0.969. The second kappa shape index (κ2) is 5.39. The molecule has 2 heterocycles. The first kappa shape index (κ1) is 12.2. The first-order valence-corrected chi connectivity index (χ1v) is 5.63. The van der Waals surface area contributed by atoms with E-state index in [-0.39, 0.29) is 0 Å². The molecule has 0 bridgehead atoms. The number of rotatable bonds is 4. The Morgan fingerprint density at radius 2 is 1.89 bits per heavy atom. The molecule has 6 nitrogen and oxygen atoms in total. The number of anilines is 2. The van der Waals surface area contributed by atoms with Crippen molar-refractivity contribution < 1.29 is 0 Å². The Kier molecular flexibility index (Phi) is 3.66. The van der Waals surface area contributed by atoms with E-state index in [0.717, 1.165) is 11.5 Å². The van der Waals surface area contributed by atoms with Gasteiger partial charge in [0, 0.05) is 39.7 Å². The van der Waals surface area contributed by atoms with Gasteiger partial charge in [0.15, 0.2) is 0 Å². The van der Waals surface area contributed by atoms with Crippen LogP contribution in [0.25, 0.3) is 0 Å². The van der Waals surface area contributed by atoms with E-state index in [1.165, 1.54) is 0 Å². The lowest BCUT2D eigenvalue weighted by atomic mass is 10.4. The summed E-state index contributed by atoms with van der Waals surface area (Å²) < 4.78 is 0. The second-order valence-electron chi connectivity index (χ2n) is 4.16. The molecule has 0 spiro atoms. The maximum absolute atomic E-state index is 4.46. The van der Waals surface area contributed by atoms with Crippen molar-refractivity contribution in [1.29, 1.82) is 0 Å². The molecule has 0 saturated carbocycles. The first-order valence-electron chi connectivity index (χ1n) is 5.63. The number of hydrogen-bond acceptors (Lipinski definition) is 6. The van der Waals surface area contributed by atoms with Crippen molar-refractivity contribution in [3.8, 4) is 0 Å². The smallest absolute Gasteiger partial charge is 0.227 e. The van der Waals surface area contributed by atoms with Crippen molar-refractivity contribution in [3.05, 3.63) is 36.5 Å². The van der Waals surface area contributed by atoms with Gasteiger partial charge >= 0.3 is 0 Å². The van der Waals surface area contributed by atoms with Crippen molar-refractivity contribution in [3.63, 3.8) is 0 Å². The van der Waals surface area contributed by atoms with E-state index < -0.39 is 0 Å². The summed E-state index contributed by atoms with van der Waals surface area (Å²) in [5.74, 6) is 1.55. The Morgan fingerprint density at radius 1 is 1.06 bits per heavy atom. The van der Waals surface area contributed by atoms with E-state index in [2.05, 4.69) is 19.9 Å². The van der Waals surface area contributed by atoms with Crippen LogP contribution in [0.3, 0.4) is 0 Å². The van der Waals surface area contributed by atoms with E-state index >= 15 is 0 Å². The third kappa shape index (κ3) is 2.91. The Morgan fingerprint density at radius 3 is 2.56 bits per heavy atom. The molecule has 0 aliphatic carbocycles. The van der Waals surface area contributed by atoms with Crippen LogP contribution in [0, 0.1) is 0 Å². The highest BCUT2D eigenvalue weighted by atomic mass is 15.3. The molecule has 2 rings (SSSR count). The van der Waals surface area contributed by atoms with Gasteiger partial charge in [-0.25, -0.2) is 4.98 Å². The Balaban J connectivity index is 2.14. The van der Waals surface area contributed by atoms with Gasteiger partial charge in [0.25, 0.3) is 0 Å². The van der Waals surface area contributed by atoms with Crippen LogP contribution in [-0.4, -0.2) is 41.1 Å². The van der Waals surface area contributed by atoms with Crippen molar-refractivity contribution in [2.24, 2.45) is 0 Å². The third-order valence-electron chi connectivity index (χ3n) is 2.44. The van der Waals surface area contributed by atoms with Crippen LogP contribution in [0.1, 0.15) is 5.69 Å². The molecular weight excluding hydrogens is 228 g/mol. The highest BCUT2D eigenvalue weighted by Gasteiger charge is 2.07. The van der Waals surface area contributed by atoms with Crippen LogP contribution in [0.5, 0.6) is 0 Å². The van der Waals surface area contributed by atoms with E-state index in [4.69, 9.17) is 0 Å². The maximum atomic E-state index is 4.46. The molecule has 94 valence electrons. The molecule has 2 aromatic rings. The Bertz CT molecular complexity index is 499. The number of hydrogen-bond donors (Lipinski definition) is 0. The minimum absolute atomic E-state index is 0.630. The molecule has 0 aliphatic rings. The zero-order chi connectivity index (χ0) is 13.0. The van der Waals surface area contributed by atoms with Crippen molar-refractivity contribution in [1.82, 2.24) is 19.9 Å². The molecule has 2 aromatic heterocycles. The molecule has 0 saturated heterocycles. The molecule has 0 fully saturated rings. The largest absolute Gasteiger partial charge is 0.363 e. The van der Waals surface area contributed by atoms with E-state index in [1.807, 2.05) is 37.0 Å². The van der Waals surface area contributed by atoms with E-state index in [9.17, 15) is 0 Å². The van der Waals surface area contributed by atoms with Gasteiger partial charge in [-0.15, -0.1) is 0 Å². The normalized spacial score (nSPS) is 10.2. The molecule has 0 aliphatic heterocycles. The summed E-state index contributed by atoms with van der Waals surface area (Å²) in [7, 11) is 5.84. The van der Waals surface area contributed by atoms with Crippen LogP contribution in [-0.2, 0) is 6.54 Å². The van der Waals surface area contributed by atoms with Gasteiger partial charge < -0.3 is 9.80 Å². The molecule has 0 amide bonds. The van der Waals surface area contributed by atoms with Crippen LogP contribution in [0.2, 0.25) is 0 Å². The van der Waals surface area contributed by atoms with E-state index in [1.54, 1.807) is 24.8 Å². The number of aromatic nitrogens is 4. The quantitative estimate of drug-likeness (QED) is 0.798. The second-order valence-corrected chi connectivity index (χ2v) is 4.16. The Hall–Kier alpha value is -2.24. The zero-order valence-corrected chi connectivity index (χ0v) is 10.8. The molecule has 0 atom stereocenters. The van der Waals surface area contributed by atoms with Gasteiger partial charge in [-0.05, 0) is 6.07 Å². The molecule has 18 heavy (non-hydrogen) atoms. The molecule has 0 N–H and O–H groups in total. The molecule has 0 unspecified atom stereocenters. The molecular formula is C12H16N6. The average molecular weight is 244 g/mol. The van der Waals surface area contributed by atoms with E-state index in [0.29, 0.717) is 12.5 Å². The standard InChI is InChI=1S/C12H16N6/c1-17(2)11-4-5-15-12(16-11)18(3)9-10-8-13-6-7-14-10/h4-8H,9H2,1-3H3. The van der Waals surface area contributed by atoms with Crippen LogP contribution < -0.4 is 9.80 Å². The lowest BCUT2D eigenvalue weighted by Gasteiger charge is -2.18. The average Bonchev–Trinajstić information content (AvgIpc) is 2.40. The minimum atomic E-state index is 0.630. The summed E-state index contributed by atoms with van der Waals surface area (Å²) in [5.41, 5.74) is 0.888. The predicted molar refractivity (Wildman–Crippen MR) is 70.5 cm³/mol. The third-order valence-corrected chi connectivity index (χ3v) is 2.44. The lowest BCUT2D eigenvalue weighted by Crippen LogP contribution is -2.21. The van der Waals surface area contributed by atoms with Crippen LogP contribution in [0.15, 0.2) is 30.9 Å². The Labute approximate surface area is 106 Å². The van der Waals surface area contributed by atoms with Gasteiger partial charge in [0.05, 0.1) is 18.4 Å². The SMILES string of the molecule is CN(C)c1ccnc(N(C)Cc2cnccn2)n1. The summed E-state index contributed by atoms with van der Waals surface area (Å²) in [6.07, 6.45) is 6.84. The molecule has 0 aromatic carbocycles. The van der Waals surface area contributed by atoms with Crippen molar-refractivity contribution in [2.75, 3.05) is 30.9 Å². The summed E-state index contributed by atoms with van der Waals surface area (Å²) in [4.78, 5) is 20.9.